The summed E-state index contributed by atoms with van der Waals surface area (Å²) in [5.74, 6) is 5.11. The molecule has 1 heterocycles. The summed E-state index contributed by atoms with van der Waals surface area (Å²) < 4.78 is 6.62. The van der Waals surface area contributed by atoms with E-state index in [2.05, 4.69) is 10.1 Å². The molecule has 2 rings (SSSR count). The lowest BCUT2D eigenvalue weighted by atomic mass is 10.2. The summed E-state index contributed by atoms with van der Waals surface area (Å²) in [6.45, 7) is 3.97. The molecule has 5 heteroatoms. The Morgan fingerprint density at radius 2 is 2.31 bits per heavy atom. The maximum Gasteiger partial charge on any atom is 0.274 e. The van der Waals surface area contributed by atoms with Gasteiger partial charge in [0.15, 0.2) is 0 Å². The summed E-state index contributed by atoms with van der Waals surface area (Å²) in [7, 11) is 0. The first-order chi connectivity index (χ1) is 7.69. The molecule has 0 aliphatic heterocycles. The predicted molar refractivity (Wildman–Crippen MR) is 67.2 cm³/mol. The minimum Gasteiger partial charge on any atom is -0.467 e. The lowest BCUT2D eigenvalue weighted by molar-refractivity contribution is 0.242. The first kappa shape index (κ1) is 10.9. The van der Waals surface area contributed by atoms with E-state index in [0.717, 1.165) is 15.8 Å². The van der Waals surface area contributed by atoms with Crippen LogP contribution >= 0.6 is 11.3 Å². The normalized spacial score (nSPS) is 11.7. The van der Waals surface area contributed by atoms with Crippen LogP contribution in [-0.4, -0.2) is 17.3 Å². The largest absolute Gasteiger partial charge is 0.467 e. The number of rotatable bonds is 3. The van der Waals surface area contributed by atoms with Crippen LogP contribution in [0.1, 0.15) is 19.4 Å². The molecule has 0 saturated heterocycles. The highest BCUT2D eigenvalue weighted by Gasteiger charge is 2.06. The van der Waals surface area contributed by atoms with Crippen LogP contribution < -0.4 is 10.6 Å². The first-order valence-electron chi connectivity index (χ1n) is 4.99. The van der Waals surface area contributed by atoms with Gasteiger partial charge in [0.05, 0.1) is 22.5 Å². The third-order valence-electron chi connectivity index (χ3n) is 1.95. The van der Waals surface area contributed by atoms with Gasteiger partial charge in [-0.15, -0.1) is 0 Å². The van der Waals surface area contributed by atoms with Crippen molar-refractivity contribution in [1.29, 1.82) is 0 Å². The fourth-order valence-corrected chi connectivity index (χ4v) is 2.32. The van der Waals surface area contributed by atoms with Gasteiger partial charge < -0.3 is 10.6 Å². The monoisotopic (exact) mass is 235 g/mol. The van der Waals surface area contributed by atoms with Gasteiger partial charge in [-0.2, -0.15) is 5.10 Å². The van der Waals surface area contributed by atoms with Gasteiger partial charge in [-0.25, -0.2) is 4.98 Å². The van der Waals surface area contributed by atoms with Gasteiger partial charge in [-0.1, -0.05) is 17.4 Å². The molecular formula is C11H13N3OS. The Hall–Kier alpha value is -1.62. The molecule has 0 spiro atoms. The second kappa shape index (κ2) is 4.49. The molecule has 0 aliphatic carbocycles. The molecular weight excluding hydrogens is 222 g/mol. The van der Waals surface area contributed by atoms with Crippen LogP contribution in [0.25, 0.3) is 10.2 Å². The van der Waals surface area contributed by atoms with Crippen molar-refractivity contribution in [2.75, 3.05) is 0 Å². The number of ether oxygens (including phenoxy) is 1. The highest BCUT2D eigenvalue weighted by atomic mass is 32.1. The van der Waals surface area contributed by atoms with E-state index < -0.39 is 0 Å². The first-order valence-corrected chi connectivity index (χ1v) is 5.81. The maximum absolute atomic E-state index is 5.55. The number of thiazole rings is 1. The van der Waals surface area contributed by atoms with E-state index in [-0.39, 0.29) is 6.10 Å². The number of benzene rings is 1. The molecule has 4 nitrogen and oxygen atoms in total. The summed E-state index contributed by atoms with van der Waals surface area (Å²) in [6, 6.07) is 5.87. The van der Waals surface area contributed by atoms with Crippen molar-refractivity contribution >= 4 is 27.8 Å². The lowest BCUT2D eigenvalue weighted by Gasteiger charge is -2.03. The lowest BCUT2D eigenvalue weighted by Crippen LogP contribution is -2.04. The number of nitrogens with two attached hydrogens (primary N) is 1. The average molecular weight is 235 g/mol. The summed E-state index contributed by atoms with van der Waals surface area (Å²) in [6.07, 6.45) is 1.76. The second-order valence-electron chi connectivity index (χ2n) is 3.65. The molecule has 0 radical (unpaired) electrons. The molecule has 0 atom stereocenters. The minimum absolute atomic E-state index is 0.144. The summed E-state index contributed by atoms with van der Waals surface area (Å²) in [5.41, 5.74) is 1.91. The van der Waals surface area contributed by atoms with Gasteiger partial charge in [0.25, 0.3) is 5.19 Å². The van der Waals surface area contributed by atoms with E-state index in [1.807, 2.05) is 32.0 Å². The summed E-state index contributed by atoms with van der Waals surface area (Å²) in [4.78, 5) is 4.37. The van der Waals surface area contributed by atoms with Crippen LogP contribution in [0.3, 0.4) is 0 Å². The molecule has 16 heavy (non-hydrogen) atoms. The molecule has 0 bridgehead atoms. The average Bonchev–Trinajstić information content (AvgIpc) is 2.58. The molecule has 2 N–H and O–H groups in total. The van der Waals surface area contributed by atoms with Gasteiger partial charge in [0.1, 0.15) is 0 Å². The fraction of sp³-hybridized carbons (Fsp3) is 0.273. The van der Waals surface area contributed by atoms with Crippen LogP contribution in [0.5, 0.6) is 5.19 Å². The molecule has 2 aromatic rings. The van der Waals surface area contributed by atoms with Gasteiger partial charge in [-0.05, 0) is 31.5 Å². The Bertz CT molecular complexity index is 519. The molecule has 1 aromatic carbocycles. The van der Waals surface area contributed by atoms with E-state index in [0.29, 0.717) is 5.19 Å². The van der Waals surface area contributed by atoms with E-state index in [9.17, 15) is 0 Å². The zero-order valence-corrected chi connectivity index (χ0v) is 9.99. The van der Waals surface area contributed by atoms with Crippen molar-refractivity contribution in [2.45, 2.75) is 20.0 Å². The number of nitrogens with zero attached hydrogens (tertiary/aromatic N) is 2. The Morgan fingerprint density at radius 1 is 1.50 bits per heavy atom. The van der Waals surface area contributed by atoms with Crippen molar-refractivity contribution in [3.05, 3.63) is 23.8 Å². The van der Waals surface area contributed by atoms with E-state index in [4.69, 9.17) is 10.6 Å². The number of aromatic nitrogens is 1. The standard InChI is InChI=1S/C11H13N3OS/c1-7(2)15-11-14-9-4-3-8(6-13-12)5-10(9)16-11/h3-7H,12H2,1-2H3. The van der Waals surface area contributed by atoms with Crippen molar-refractivity contribution in [1.82, 2.24) is 4.98 Å². The zero-order chi connectivity index (χ0) is 11.5. The molecule has 0 fully saturated rings. The van der Waals surface area contributed by atoms with E-state index >= 15 is 0 Å². The van der Waals surface area contributed by atoms with Gasteiger partial charge >= 0.3 is 0 Å². The molecule has 0 saturated carbocycles. The van der Waals surface area contributed by atoms with Crippen molar-refractivity contribution in [3.8, 4) is 5.19 Å². The van der Waals surface area contributed by atoms with Crippen molar-refractivity contribution in [2.24, 2.45) is 10.9 Å². The van der Waals surface area contributed by atoms with Crippen LogP contribution in [0.15, 0.2) is 23.3 Å². The SMILES string of the molecule is CC(C)Oc1nc2ccc(C=NN)cc2s1. The smallest absolute Gasteiger partial charge is 0.274 e. The van der Waals surface area contributed by atoms with Crippen LogP contribution in [0.2, 0.25) is 0 Å². The Morgan fingerprint density at radius 3 is 3.00 bits per heavy atom. The Balaban J connectivity index is 2.38. The number of hydrogen-bond acceptors (Lipinski definition) is 5. The van der Waals surface area contributed by atoms with Gasteiger partial charge in [0.2, 0.25) is 0 Å². The molecule has 84 valence electrons. The number of hydrazone groups is 1. The van der Waals surface area contributed by atoms with E-state index in [1.54, 1.807) is 6.21 Å². The van der Waals surface area contributed by atoms with Crippen LogP contribution in [0, 0.1) is 0 Å². The Kier molecular flexibility index (Phi) is 3.05. The predicted octanol–water partition coefficient (Wildman–Crippen LogP) is 2.38. The Labute approximate surface area is 97.8 Å². The minimum atomic E-state index is 0.144. The number of hydrogen-bond donors (Lipinski definition) is 1. The third kappa shape index (κ3) is 2.30. The van der Waals surface area contributed by atoms with Gasteiger partial charge in [-0.3, -0.25) is 0 Å². The third-order valence-corrected chi connectivity index (χ3v) is 2.86. The van der Waals surface area contributed by atoms with Crippen LogP contribution in [0.4, 0.5) is 0 Å². The quantitative estimate of drug-likeness (QED) is 0.505. The van der Waals surface area contributed by atoms with Gasteiger partial charge in [0, 0.05) is 0 Å². The summed E-state index contributed by atoms with van der Waals surface area (Å²) >= 11 is 1.53. The highest BCUT2D eigenvalue weighted by Crippen LogP contribution is 2.28. The highest BCUT2D eigenvalue weighted by molar-refractivity contribution is 7.20. The summed E-state index contributed by atoms with van der Waals surface area (Å²) in [5, 5.41) is 4.20. The maximum atomic E-state index is 5.55. The van der Waals surface area contributed by atoms with Crippen LogP contribution in [-0.2, 0) is 0 Å². The number of fused-ring (bicyclic) bond motifs is 1. The molecule has 0 unspecified atom stereocenters. The van der Waals surface area contributed by atoms with E-state index in [1.165, 1.54) is 11.3 Å². The van der Waals surface area contributed by atoms with Crippen molar-refractivity contribution < 1.29 is 4.74 Å². The second-order valence-corrected chi connectivity index (χ2v) is 4.64. The molecule has 0 amide bonds. The fourth-order valence-electron chi connectivity index (χ4n) is 1.34. The molecule has 0 aliphatic rings. The topological polar surface area (TPSA) is 60.5 Å². The molecule has 1 aromatic heterocycles. The van der Waals surface area contributed by atoms with Crippen molar-refractivity contribution in [3.63, 3.8) is 0 Å². The zero-order valence-electron chi connectivity index (χ0n) is 9.18.